The third kappa shape index (κ3) is 5.80. The van der Waals surface area contributed by atoms with Crippen molar-refractivity contribution in [2.45, 2.75) is 26.3 Å². The molecule has 0 fully saturated rings. The van der Waals surface area contributed by atoms with Gasteiger partial charge in [0.15, 0.2) is 0 Å². The van der Waals surface area contributed by atoms with Crippen molar-refractivity contribution in [2.24, 2.45) is 11.8 Å². The minimum Gasteiger partial charge on any atom is -0.271 e. The van der Waals surface area contributed by atoms with Crippen molar-refractivity contribution >= 4 is 11.8 Å². The van der Waals surface area contributed by atoms with Crippen LogP contribution >= 0.6 is 11.8 Å². The molecule has 0 aliphatic rings. The first-order chi connectivity index (χ1) is 8.51. The van der Waals surface area contributed by atoms with Crippen LogP contribution < -0.4 is 11.3 Å². The lowest BCUT2D eigenvalue weighted by Gasteiger charge is -2.16. The molecule has 0 bridgehead atoms. The Labute approximate surface area is 111 Å². The number of hydrogen-bond acceptors (Lipinski definition) is 3. The normalized spacial score (nSPS) is 13.0. The van der Waals surface area contributed by atoms with Gasteiger partial charge in [0.25, 0.3) is 0 Å². The maximum atomic E-state index is 13.0. The molecular weight excluding hydrogens is 254 g/mol. The molecule has 102 valence electrons. The van der Waals surface area contributed by atoms with Gasteiger partial charge in [0.05, 0.1) is 0 Å². The van der Waals surface area contributed by atoms with Crippen LogP contribution in [0.3, 0.4) is 0 Å². The van der Waals surface area contributed by atoms with Crippen LogP contribution in [-0.2, 0) is 6.42 Å². The number of thioether (sulfide) groups is 1. The maximum Gasteiger partial charge on any atom is 0.126 e. The van der Waals surface area contributed by atoms with Gasteiger partial charge >= 0.3 is 0 Å². The molecule has 5 heteroatoms. The lowest BCUT2D eigenvalue weighted by molar-refractivity contribution is 0.555. The van der Waals surface area contributed by atoms with Gasteiger partial charge in [-0.25, -0.2) is 8.78 Å². The Balaban J connectivity index is 2.51. The van der Waals surface area contributed by atoms with E-state index in [0.29, 0.717) is 17.9 Å². The molecule has 0 aliphatic carbocycles. The van der Waals surface area contributed by atoms with E-state index in [9.17, 15) is 8.78 Å². The molecule has 2 nitrogen and oxygen atoms in total. The van der Waals surface area contributed by atoms with Crippen LogP contribution in [0.25, 0.3) is 0 Å². The minimum absolute atomic E-state index is 0.0231. The van der Waals surface area contributed by atoms with E-state index in [4.69, 9.17) is 5.84 Å². The predicted molar refractivity (Wildman–Crippen MR) is 73.3 cm³/mol. The molecule has 1 unspecified atom stereocenters. The zero-order valence-corrected chi connectivity index (χ0v) is 11.6. The molecule has 1 rings (SSSR count). The Kier molecular flexibility index (Phi) is 6.60. The molecule has 0 radical (unpaired) electrons. The summed E-state index contributed by atoms with van der Waals surface area (Å²) in [4.78, 5) is 0. The monoisotopic (exact) mass is 274 g/mol. The van der Waals surface area contributed by atoms with E-state index in [0.717, 1.165) is 17.6 Å². The van der Waals surface area contributed by atoms with Crippen LogP contribution in [-0.4, -0.2) is 17.5 Å². The molecule has 1 aromatic rings. The van der Waals surface area contributed by atoms with Crippen molar-refractivity contribution in [3.8, 4) is 0 Å². The molecule has 1 aromatic carbocycles. The molecule has 0 spiro atoms. The Morgan fingerprint density at radius 1 is 1.17 bits per heavy atom. The molecule has 1 atom stereocenters. The molecule has 0 aliphatic heterocycles. The van der Waals surface area contributed by atoms with Gasteiger partial charge in [-0.2, -0.15) is 11.8 Å². The number of hydrazine groups is 1. The van der Waals surface area contributed by atoms with Gasteiger partial charge in [0, 0.05) is 17.9 Å². The van der Waals surface area contributed by atoms with E-state index in [2.05, 4.69) is 19.3 Å². The van der Waals surface area contributed by atoms with Crippen LogP contribution in [0, 0.1) is 17.6 Å². The van der Waals surface area contributed by atoms with Gasteiger partial charge < -0.3 is 0 Å². The second kappa shape index (κ2) is 7.71. The van der Waals surface area contributed by atoms with Gasteiger partial charge in [-0.05, 0) is 35.8 Å². The molecule has 0 amide bonds. The van der Waals surface area contributed by atoms with Crippen molar-refractivity contribution in [3.05, 3.63) is 35.4 Å². The first-order valence-electron chi connectivity index (χ1n) is 6.00. The highest BCUT2D eigenvalue weighted by atomic mass is 32.2. The minimum atomic E-state index is -0.546. The summed E-state index contributed by atoms with van der Waals surface area (Å²) < 4.78 is 26.1. The maximum absolute atomic E-state index is 13.0. The topological polar surface area (TPSA) is 38.0 Å². The van der Waals surface area contributed by atoms with Crippen LogP contribution in [0.15, 0.2) is 18.2 Å². The fourth-order valence-corrected chi connectivity index (χ4v) is 2.73. The highest BCUT2D eigenvalue weighted by molar-refractivity contribution is 7.99. The summed E-state index contributed by atoms with van der Waals surface area (Å²) in [6.45, 7) is 4.31. The van der Waals surface area contributed by atoms with Crippen molar-refractivity contribution in [1.82, 2.24) is 5.43 Å². The van der Waals surface area contributed by atoms with Crippen molar-refractivity contribution in [1.29, 1.82) is 0 Å². The number of rotatable bonds is 7. The number of halogens is 2. The van der Waals surface area contributed by atoms with E-state index in [1.165, 1.54) is 12.1 Å². The van der Waals surface area contributed by atoms with Gasteiger partial charge in [-0.15, -0.1) is 0 Å². The van der Waals surface area contributed by atoms with E-state index < -0.39 is 11.6 Å². The van der Waals surface area contributed by atoms with Gasteiger partial charge in [0.2, 0.25) is 0 Å². The second-order valence-electron chi connectivity index (χ2n) is 4.78. The van der Waals surface area contributed by atoms with E-state index in [-0.39, 0.29) is 6.04 Å². The van der Waals surface area contributed by atoms with E-state index >= 15 is 0 Å². The molecule has 18 heavy (non-hydrogen) atoms. The van der Waals surface area contributed by atoms with Crippen LogP contribution in [0.4, 0.5) is 8.78 Å². The van der Waals surface area contributed by atoms with Gasteiger partial charge in [-0.1, -0.05) is 13.8 Å². The number of nitrogens with two attached hydrogens (primary N) is 1. The van der Waals surface area contributed by atoms with Crippen LogP contribution in [0.2, 0.25) is 0 Å². The molecule has 3 N–H and O–H groups in total. The summed E-state index contributed by atoms with van der Waals surface area (Å²) in [5.74, 6) is 6.87. The summed E-state index contributed by atoms with van der Waals surface area (Å²) in [7, 11) is 0. The molecule has 0 saturated heterocycles. The largest absolute Gasteiger partial charge is 0.271 e. The third-order valence-corrected chi connectivity index (χ3v) is 3.95. The quantitative estimate of drug-likeness (QED) is 0.593. The van der Waals surface area contributed by atoms with Gasteiger partial charge in [0.1, 0.15) is 11.6 Å². The Morgan fingerprint density at radius 3 is 2.28 bits per heavy atom. The van der Waals surface area contributed by atoms with Crippen LogP contribution in [0.5, 0.6) is 0 Å². The highest BCUT2D eigenvalue weighted by Gasteiger charge is 2.10. The number of benzene rings is 1. The zero-order valence-electron chi connectivity index (χ0n) is 10.7. The predicted octanol–water partition coefficient (Wildman–Crippen LogP) is 2.73. The second-order valence-corrected chi connectivity index (χ2v) is 5.85. The third-order valence-electron chi connectivity index (χ3n) is 2.41. The summed E-state index contributed by atoms with van der Waals surface area (Å²) >= 11 is 1.79. The summed E-state index contributed by atoms with van der Waals surface area (Å²) in [6, 6.07) is 3.60. The Hall–Kier alpha value is -0.650. The van der Waals surface area contributed by atoms with E-state index in [1.807, 2.05) is 0 Å². The lowest BCUT2D eigenvalue weighted by Crippen LogP contribution is -2.38. The van der Waals surface area contributed by atoms with Gasteiger partial charge in [-0.3, -0.25) is 11.3 Å². The SMILES string of the molecule is CC(C)CSCC(Cc1cc(F)cc(F)c1)NN. The highest BCUT2D eigenvalue weighted by Crippen LogP contribution is 2.14. The summed E-state index contributed by atoms with van der Waals surface area (Å²) in [5, 5.41) is 0. The van der Waals surface area contributed by atoms with Crippen molar-refractivity contribution in [3.63, 3.8) is 0 Å². The van der Waals surface area contributed by atoms with Crippen LogP contribution in [0.1, 0.15) is 19.4 Å². The standard InChI is InChI=1S/C13H20F2N2S/c1-9(2)7-18-8-13(17-16)5-10-3-11(14)6-12(15)4-10/h3-4,6,9,13,17H,5,7-8,16H2,1-2H3. The Morgan fingerprint density at radius 2 is 1.78 bits per heavy atom. The average Bonchev–Trinajstić information content (AvgIpc) is 2.25. The van der Waals surface area contributed by atoms with Crippen molar-refractivity contribution in [2.75, 3.05) is 11.5 Å². The number of nitrogens with one attached hydrogen (secondary N) is 1. The number of hydrogen-bond donors (Lipinski definition) is 2. The zero-order chi connectivity index (χ0) is 13.5. The lowest BCUT2D eigenvalue weighted by atomic mass is 10.1. The first-order valence-corrected chi connectivity index (χ1v) is 7.15. The average molecular weight is 274 g/mol. The van der Waals surface area contributed by atoms with E-state index in [1.54, 1.807) is 11.8 Å². The summed E-state index contributed by atoms with van der Waals surface area (Å²) in [6.07, 6.45) is 0.524. The molecular formula is C13H20F2N2S. The Bertz CT molecular complexity index is 352. The fraction of sp³-hybridized carbons (Fsp3) is 0.538. The molecule has 0 aromatic heterocycles. The molecule has 0 heterocycles. The van der Waals surface area contributed by atoms with Crippen molar-refractivity contribution < 1.29 is 8.78 Å². The molecule has 0 saturated carbocycles. The summed E-state index contributed by atoms with van der Waals surface area (Å²) in [5.41, 5.74) is 3.32. The first kappa shape index (κ1) is 15.4. The smallest absolute Gasteiger partial charge is 0.126 e. The fourth-order valence-electron chi connectivity index (χ4n) is 1.63.